The summed E-state index contributed by atoms with van der Waals surface area (Å²) >= 11 is 3.99. The maximum absolute atomic E-state index is 13.1. The largest absolute Gasteiger partial charge is 0.481 e. The number of carboxylic acids is 4. The standard InChI is InChI=1S/C32H52N12O17S/c1-13(39-28(57)16(7-23(50)51)40-20(46)9-37-26(55)14(33)3-2-6-36-32(34)35)25(54)44-19(12-62)30(59)42-15(4-5-22(48)49)27(56)38-10-21(47)41-17(8-24(52)53)29(58)43-18(11-45)31(60)61/h13-19,45,62H,2-12,33H2,1H3,(H,37,55)(H,38,56)(H,39,57)(H,40,46)(H,41,47)(H,42,59)(H,43,58)(H,44,54)(H,48,49)(H,50,51)(H,52,53)(H,60,61)(H4,34,35,36)/t13-,14-,15-,16-,17-,18-,19-/m0/s1. The summed E-state index contributed by atoms with van der Waals surface area (Å²) in [6, 6.07) is -11.3. The summed E-state index contributed by atoms with van der Waals surface area (Å²) in [6.45, 7) is -1.47. The number of carbonyl (C=O) groups is 12. The number of hydrogen-bond acceptors (Lipinski definition) is 16. The van der Waals surface area contributed by atoms with Gasteiger partial charge in [-0.15, -0.1) is 0 Å². The third-order valence-corrected chi connectivity index (χ3v) is 8.22. The maximum Gasteiger partial charge on any atom is 0.328 e. The molecule has 7 atom stereocenters. The Kier molecular flexibility index (Phi) is 25.5. The molecular formula is C32H52N12O17S. The molecule has 0 rings (SSSR count). The smallest absolute Gasteiger partial charge is 0.328 e. The van der Waals surface area contributed by atoms with E-state index in [1.807, 2.05) is 10.6 Å². The van der Waals surface area contributed by atoms with Gasteiger partial charge in [0.1, 0.15) is 36.3 Å². The Morgan fingerprint density at radius 1 is 0.581 bits per heavy atom. The van der Waals surface area contributed by atoms with Crippen molar-refractivity contribution >= 4 is 89.7 Å². The van der Waals surface area contributed by atoms with Gasteiger partial charge >= 0.3 is 23.9 Å². The summed E-state index contributed by atoms with van der Waals surface area (Å²) in [4.78, 5) is 150. The molecule has 8 amide bonds. The van der Waals surface area contributed by atoms with E-state index in [0.29, 0.717) is 6.42 Å². The van der Waals surface area contributed by atoms with Gasteiger partial charge in [0.2, 0.25) is 47.3 Å². The van der Waals surface area contributed by atoms with E-state index in [2.05, 4.69) is 49.5 Å². The number of nitrogens with one attached hydrogen (secondary N) is 8. The van der Waals surface area contributed by atoms with Gasteiger partial charge < -0.3 is 85.3 Å². The zero-order chi connectivity index (χ0) is 47.7. The highest BCUT2D eigenvalue weighted by molar-refractivity contribution is 7.80. The molecule has 0 aromatic carbocycles. The Hall–Kier alpha value is -6.82. The van der Waals surface area contributed by atoms with Crippen LogP contribution in [0, 0.1) is 0 Å². The fourth-order valence-corrected chi connectivity index (χ4v) is 4.89. The van der Waals surface area contributed by atoms with Gasteiger partial charge in [0, 0.05) is 18.7 Å². The number of hydrogen-bond donors (Lipinski definition) is 17. The van der Waals surface area contributed by atoms with Crippen LogP contribution in [-0.4, -0.2) is 177 Å². The number of nitrogens with two attached hydrogens (primary N) is 3. The van der Waals surface area contributed by atoms with Crippen molar-refractivity contribution in [1.29, 1.82) is 0 Å². The van der Waals surface area contributed by atoms with Crippen molar-refractivity contribution in [1.82, 2.24) is 42.5 Å². The lowest BCUT2D eigenvalue weighted by Crippen LogP contribution is -2.59. The number of thiol groups is 1. The second-order valence-electron chi connectivity index (χ2n) is 13.0. The number of nitrogens with zero attached hydrogens (tertiary/aromatic N) is 1. The summed E-state index contributed by atoms with van der Waals surface area (Å²) in [5.41, 5.74) is 16.2. The number of aliphatic carboxylic acids is 4. The van der Waals surface area contributed by atoms with E-state index < -0.39 is 165 Å². The molecular weight excluding hydrogens is 856 g/mol. The molecule has 0 aliphatic heterocycles. The highest BCUT2D eigenvalue weighted by Crippen LogP contribution is 2.03. The summed E-state index contributed by atoms with van der Waals surface area (Å²) < 4.78 is 0. The second kappa shape index (κ2) is 28.6. The molecule has 0 bridgehead atoms. The van der Waals surface area contributed by atoms with Crippen molar-refractivity contribution in [3.8, 4) is 0 Å². The van der Waals surface area contributed by atoms with Gasteiger partial charge in [-0.3, -0.25) is 57.7 Å². The van der Waals surface area contributed by atoms with Crippen molar-refractivity contribution in [2.75, 3.05) is 32.0 Å². The van der Waals surface area contributed by atoms with Crippen molar-refractivity contribution in [3.05, 3.63) is 0 Å². The molecule has 348 valence electrons. The first-order valence-electron chi connectivity index (χ1n) is 18.2. The third kappa shape index (κ3) is 23.1. The van der Waals surface area contributed by atoms with Crippen LogP contribution in [0.5, 0.6) is 0 Å². The fourth-order valence-electron chi connectivity index (χ4n) is 4.64. The molecule has 29 nitrogen and oxygen atoms in total. The molecule has 0 aliphatic rings. The molecule has 30 heteroatoms. The zero-order valence-electron chi connectivity index (χ0n) is 33.1. The lowest BCUT2D eigenvalue weighted by Gasteiger charge is -2.24. The van der Waals surface area contributed by atoms with Gasteiger partial charge in [-0.1, -0.05) is 0 Å². The minimum Gasteiger partial charge on any atom is -0.481 e. The van der Waals surface area contributed by atoms with E-state index in [4.69, 9.17) is 37.6 Å². The molecule has 0 spiro atoms. The van der Waals surface area contributed by atoms with Crippen molar-refractivity contribution < 1.29 is 83.1 Å². The predicted molar refractivity (Wildman–Crippen MR) is 211 cm³/mol. The highest BCUT2D eigenvalue weighted by Gasteiger charge is 2.32. The normalized spacial score (nSPS) is 13.9. The van der Waals surface area contributed by atoms with Crippen LogP contribution >= 0.6 is 12.6 Å². The number of aliphatic hydroxyl groups excluding tert-OH is 1. The molecule has 19 N–H and O–H groups in total. The number of amides is 8. The van der Waals surface area contributed by atoms with Crippen LogP contribution in [0.4, 0.5) is 0 Å². The Labute approximate surface area is 356 Å². The van der Waals surface area contributed by atoms with E-state index in [9.17, 15) is 62.6 Å². The van der Waals surface area contributed by atoms with Crippen LogP contribution < -0.4 is 59.7 Å². The monoisotopic (exact) mass is 908 g/mol. The first kappa shape index (κ1) is 55.2. The average molecular weight is 909 g/mol. The van der Waals surface area contributed by atoms with Crippen molar-refractivity contribution in [2.24, 2.45) is 22.2 Å². The lowest BCUT2D eigenvalue weighted by atomic mass is 10.1. The highest BCUT2D eigenvalue weighted by atomic mass is 32.1. The zero-order valence-corrected chi connectivity index (χ0v) is 34.0. The minimum absolute atomic E-state index is 0.141. The summed E-state index contributed by atoms with van der Waals surface area (Å²) in [6.07, 6.45) is -2.84. The van der Waals surface area contributed by atoms with Crippen molar-refractivity contribution in [2.45, 2.75) is 87.7 Å². The number of carboxylic acid groups (broad SMARTS) is 4. The van der Waals surface area contributed by atoms with E-state index in [0.717, 1.165) is 6.92 Å². The number of rotatable bonds is 30. The van der Waals surface area contributed by atoms with Crippen LogP contribution in [0.2, 0.25) is 0 Å². The average Bonchev–Trinajstić information content (AvgIpc) is 3.18. The van der Waals surface area contributed by atoms with Crippen molar-refractivity contribution in [3.63, 3.8) is 0 Å². The van der Waals surface area contributed by atoms with Gasteiger partial charge in [-0.25, -0.2) is 4.79 Å². The SMILES string of the molecule is C[C@H](NC(=O)[C@H](CC(=O)O)NC(=O)CNC(=O)[C@@H](N)CCCN=C(N)N)C(=O)N[C@@H](CS)C(=O)N[C@@H](CCC(=O)O)C(=O)NCC(=O)N[C@@H](CC(=O)O)C(=O)N[C@@H](CO)C(=O)O. The van der Waals surface area contributed by atoms with Gasteiger partial charge in [-0.05, 0) is 26.2 Å². The Balaban J connectivity index is 5.57. The number of carbonyl (C=O) groups excluding carboxylic acids is 8. The molecule has 62 heavy (non-hydrogen) atoms. The Bertz CT molecular complexity index is 1700. The molecule has 0 saturated heterocycles. The van der Waals surface area contributed by atoms with Crippen LogP contribution in [0.3, 0.4) is 0 Å². The van der Waals surface area contributed by atoms with E-state index in [-0.39, 0.29) is 18.9 Å². The lowest BCUT2D eigenvalue weighted by molar-refractivity contribution is -0.144. The third-order valence-electron chi connectivity index (χ3n) is 7.86. The minimum atomic E-state index is -1.88. The first-order chi connectivity index (χ1) is 28.9. The van der Waals surface area contributed by atoms with Crippen LogP contribution in [-0.2, 0) is 57.5 Å². The maximum atomic E-state index is 13.1. The molecule has 0 radical (unpaired) electrons. The first-order valence-corrected chi connectivity index (χ1v) is 18.8. The van der Waals surface area contributed by atoms with Gasteiger partial charge in [-0.2, -0.15) is 12.6 Å². The number of aliphatic hydroxyl groups is 1. The fraction of sp³-hybridized carbons (Fsp3) is 0.594. The number of guanidine groups is 1. The molecule has 0 aromatic rings. The summed E-state index contributed by atoms with van der Waals surface area (Å²) in [5, 5.41) is 62.4. The van der Waals surface area contributed by atoms with Gasteiger partial charge in [0.05, 0.1) is 38.6 Å². The van der Waals surface area contributed by atoms with Gasteiger partial charge in [0.25, 0.3) is 0 Å². The van der Waals surface area contributed by atoms with E-state index >= 15 is 0 Å². The van der Waals surface area contributed by atoms with Crippen LogP contribution in [0.1, 0.15) is 45.4 Å². The van der Waals surface area contributed by atoms with E-state index in [1.54, 1.807) is 0 Å². The summed E-state index contributed by atoms with van der Waals surface area (Å²) in [7, 11) is 0. The summed E-state index contributed by atoms with van der Waals surface area (Å²) in [5.74, 6) is -15.6. The van der Waals surface area contributed by atoms with Crippen LogP contribution in [0.25, 0.3) is 0 Å². The molecule has 0 heterocycles. The quantitative estimate of drug-likeness (QED) is 0.0138. The van der Waals surface area contributed by atoms with Crippen LogP contribution in [0.15, 0.2) is 4.99 Å². The predicted octanol–water partition coefficient (Wildman–Crippen LogP) is -8.65. The molecule has 0 aliphatic carbocycles. The van der Waals surface area contributed by atoms with Gasteiger partial charge in [0.15, 0.2) is 5.96 Å². The molecule has 0 fully saturated rings. The molecule has 0 aromatic heterocycles. The Morgan fingerprint density at radius 2 is 1.05 bits per heavy atom. The Morgan fingerprint density at radius 3 is 1.50 bits per heavy atom. The number of aliphatic imine (C=N–C) groups is 1. The second-order valence-corrected chi connectivity index (χ2v) is 13.3. The topological polar surface area (TPSA) is 493 Å². The molecule has 0 saturated carbocycles. The molecule has 0 unspecified atom stereocenters. The van der Waals surface area contributed by atoms with E-state index in [1.165, 1.54) is 0 Å².